The van der Waals surface area contributed by atoms with Crippen LogP contribution >= 0.6 is 15.9 Å². The van der Waals surface area contributed by atoms with Gasteiger partial charge < -0.3 is 5.32 Å². The predicted octanol–water partition coefficient (Wildman–Crippen LogP) is 1.67. The minimum absolute atomic E-state index is 0.0458. The van der Waals surface area contributed by atoms with Crippen LogP contribution < -0.4 is 5.32 Å². The third-order valence-corrected chi connectivity index (χ3v) is 4.23. The highest BCUT2D eigenvalue weighted by atomic mass is 79.9. The van der Waals surface area contributed by atoms with Gasteiger partial charge in [-0.05, 0) is 12.1 Å². The second-order valence-corrected chi connectivity index (χ2v) is 6.91. The number of fused-ring (bicyclic) bond motifs is 1. The number of nitrogens with one attached hydrogen (secondary N) is 1. The maximum Gasteiger partial charge on any atom is 0.158 e. The van der Waals surface area contributed by atoms with E-state index in [-0.39, 0.29) is 5.41 Å². The molecule has 0 atom stereocenters. The van der Waals surface area contributed by atoms with Gasteiger partial charge in [0.1, 0.15) is 0 Å². The molecule has 1 aliphatic rings. The molecule has 0 aromatic carbocycles. The van der Waals surface area contributed by atoms with Crippen LogP contribution in [0.1, 0.15) is 19.7 Å². The molecule has 2 aromatic heterocycles. The molecule has 0 spiro atoms. The van der Waals surface area contributed by atoms with Gasteiger partial charge in [-0.1, -0.05) is 29.8 Å². The molecule has 0 amide bonds. The van der Waals surface area contributed by atoms with E-state index in [9.17, 15) is 0 Å². The number of nitrogens with zero attached hydrogens (tertiary/aromatic N) is 4. The monoisotopic (exact) mass is 337 g/mol. The first-order valence-electron chi connectivity index (χ1n) is 7.00. The highest BCUT2D eigenvalue weighted by molar-refractivity contribution is 9.10. The Labute approximate surface area is 127 Å². The van der Waals surface area contributed by atoms with Gasteiger partial charge in [-0.15, -0.1) is 0 Å². The lowest BCUT2D eigenvalue weighted by atomic mass is 9.91. The van der Waals surface area contributed by atoms with Gasteiger partial charge in [-0.25, -0.2) is 9.50 Å². The topological polar surface area (TPSA) is 45.5 Å². The van der Waals surface area contributed by atoms with Crippen molar-refractivity contribution in [2.24, 2.45) is 0 Å². The maximum absolute atomic E-state index is 4.69. The normalized spacial score (nSPS) is 17.8. The number of hydrogen-bond donors (Lipinski definition) is 1. The van der Waals surface area contributed by atoms with Gasteiger partial charge in [-0.3, -0.25) is 4.90 Å². The van der Waals surface area contributed by atoms with Crippen molar-refractivity contribution in [2.45, 2.75) is 19.3 Å². The van der Waals surface area contributed by atoms with Gasteiger partial charge in [0.05, 0.1) is 0 Å². The van der Waals surface area contributed by atoms with Gasteiger partial charge in [-0.2, -0.15) is 5.10 Å². The van der Waals surface area contributed by atoms with Crippen molar-refractivity contribution in [1.29, 1.82) is 0 Å². The molecule has 1 aliphatic heterocycles. The van der Waals surface area contributed by atoms with Crippen LogP contribution in [0.15, 0.2) is 22.8 Å². The lowest BCUT2D eigenvalue weighted by Crippen LogP contribution is -2.48. The molecule has 3 heterocycles. The van der Waals surface area contributed by atoms with Crippen LogP contribution in [-0.4, -0.2) is 52.2 Å². The fraction of sp³-hybridized carbons (Fsp3) is 0.571. The lowest BCUT2D eigenvalue weighted by Gasteiger charge is -2.33. The van der Waals surface area contributed by atoms with E-state index in [0.717, 1.165) is 48.7 Å². The Morgan fingerprint density at radius 2 is 2.10 bits per heavy atom. The quantitative estimate of drug-likeness (QED) is 0.925. The average Bonchev–Trinajstić information content (AvgIpc) is 2.83. The van der Waals surface area contributed by atoms with Gasteiger partial charge >= 0.3 is 0 Å². The number of rotatable bonds is 3. The van der Waals surface area contributed by atoms with E-state index in [0.29, 0.717) is 0 Å². The van der Waals surface area contributed by atoms with E-state index in [1.54, 1.807) is 0 Å². The minimum Gasteiger partial charge on any atom is -0.314 e. The van der Waals surface area contributed by atoms with E-state index in [2.05, 4.69) is 45.1 Å². The van der Waals surface area contributed by atoms with Crippen molar-refractivity contribution in [3.63, 3.8) is 0 Å². The lowest BCUT2D eigenvalue weighted by molar-refractivity contribution is 0.196. The summed E-state index contributed by atoms with van der Waals surface area (Å²) in [5, 5.41) is 8.02. The van der Waals surface area contributed by atoms with Crippen LogP contribution in [0.4, 0.5) is 0 Å². The van der Waals surface area contributed by atoms with Gasteiger partial charge in [0.2, 0.25) is 0 Å². The van der Waals surface area contributed by atoms with Crippen LogP contribution in [0, 0.1) is 0 Å². The molecule has 5 nitrogen and oxygen atoms in total. The molecular formula is C14H20BrN5. The van der Waals surface area contributed by atoms with E-state index in [1.807, 2.05) is 22.8 Å². The Hall–Kier alpha value is -0.980. The summed E-state index contributed by atoms with van der Waals surface area (Å²) in [6.07, 6.45) is 1.94. The molecule has 0 unspecified atom stereocenters. The summed E-state index contributed by atoms with van der Waals surface area (Å²) < 4.78 is 2.88. The smallest absolute Gasteiger partial charge is 0.158 e. The molecule has 1 N–H and O–H groups in total. The zero-order chi connectivity index (χ0) is 14.2. The summed E-state index contributed by atoms with van der Waals surface area (Å²) in [4.78, 5) is 7.17. The third kappa shape index (κ3) is 2.87. The number of pyridine rings is 1. The van der Waals surface area contributed by atoms with Crippen LogP contribution in [0.3, 0.4) is 0 Å². The molecule has 2 aromatic rings. The fourth-order valence-corrected chi connectivity index (χ4v) is 2.97. The number of halogens is 1. The van der Waals surface area contributed by atoms with Crippen LogP contribution in [0.25, 0.3) is 5.65 Å². The minimum atomic E-state index is -0.0458. The molecule has 0 saturated carbocycles. The Kier molecular flexibility index (Phi) is 3.79. The van der Waals surface area contributed by atoms with Crippen molar-refractivity contribution in [3.8, 4) is 0 Å². The molecule has 3 rings (SSSR count). The summed E-state index contributed by atoms with van der Waals surface area (Å²) in [7, 11) is 0. The molecular weight excluding hydrogens is 318 g/mol. The molecule has 0 bridgehead atoms. The standard InChI is InChI=1S/C14H20BrN5/c1-14(2,10-19-7-4-16-5-8-19)13-17-12-9-11(15)3-6-20(12)18-13/h3,6,9,16H,4-5,7-8,10H2,1-2H3. The first-order valence-corrected chi connectivity index (χ1v) is 7.79. The van der Waals surface area contributed by atoms with Crippen LogP contribution in [-0.2, 0) is 5.41 Å². The molecule has 0 aliphatic carbocycles. The van der Waals surface area contributed by atoms with Crippen molar-refractivity contribution in [2.75, 3.05) is 32.7 Å². The highest BCUT2D eigenvalue weighted by Crippen LogP contribution is 2.23. The van der Waals surface area contributed by atoms with Gasteiger partial charge in [0.25, 0.3) is 0 Å². The molecule has 6 heteroatoms. The van der Waals surface area contributed by atoms with Crippen molar-refractivity contribution in [3.05, 3.63) is 28.6 Å². The summed E-state index contributed by atoms with van der Waals surface area (Å²) in [6.45, 7) is 9.78. The Balaban J connectivity index is 1.83. The van der Waals surface area contributed by atoms with E-state index in [1.165, 1.54) is 0 Å². The number of piperazine rings is 1. The Morgan fingerprint density at radius 1 is 1.35 bits per heavy atom. The average molecular weight is 338 g/mol. The van der Waals surface area contributed by atoms with Crippen molar-refractivity contribution >= 4 is 21.6 Å². The summed E-state index contributed by atoms with van der Waals surface area (Å²) >= 11 is 3.48. The summed E-state index contributed by atoms with van der Waals surface area (Å²) in [5.74, 6) is 0.911. The second kappa shape index (κ2) is 5.42. The predicted molar refractivity (Wildman–Crippen MR) is 83.0 cm³/mol. The van der Waals surface area contributed by atoms with E-state index in [4.69, 9.17) is 4.98 Å². The fourth-order valence-electron chi connectivity index (χ4n) is 2.64. The van der Waals surface area contributed by atoms with Crippen LogP contribution in [0.2, 0.25) is 0 Å². The molecule has 0 radical (unpaired) electrons. The van der Waals surface area contributed by atoms with Gasteiger partial charge in [0.15, 0.2) is 11.5 Å². The summed E-state index contributed by atoms with van der Waals surface area (Å²) in [6, 6.07) is 3.98. The Bertz CT molecular complexity index is 601. The first-order chi connectivity index (χ1) is 9.54. The molecule has 1 fully saturated rings. The summed E-state index contributed by atoms with van der Waals surface area (Å²) in [5.41, 5.74) is 0.846. The van der Waals surface area contributed by atoms with E-state index < -0.39 is 0 Å². The Morgan fingerprint density at radius 3 is 2.85 bits per heavy atom. The zero-order valence-corrected chi connectivity index (χ0v) is 13.5. The molecule has 108 valence electrons. The largest absolute Gasteiger partial charge is 0.314 e. The second-order valence-electron chi connectivity index (χ2n) is 5.99. The SMILES string of the molecule is CC(C)(CN1CCNCC1)c1nc2cc(Br)ccn2n1. The van der Waals surface area contributed by atoms with Crippen molar-refractivity contribution in [1.82, 2.24) is 24.8 Å². The molecule has 1 saturated heterocycles. The number of aromatic nitrogens is 3. The number of hydrogen-bond acceptors (Lipinski definition) is 4. The van der Waals surface area contributed by atoms with Crippen LogP contribution in [0.5, 0.6) is 0 Å². The highest BCUT2D eigenvalue weighted by Gasteiger charge is 2.29. The third-order valence-electron chi connectivity index (χ3n) is 3.73. The maximum atomic E-state index is 4.69. The van der Waals surface area contributed by atoms with Gasteiger partial charge in [0, 0.05) is 48.8 Å². The zero-order valence-electron chi connectivity index (χ0n) is 11.9. The van der Waals surface area contributed by atoms with Crippen molar-refractivity contribution < 1.29 is 0 Å². The molecule has 20 heavy (non-hydrogen) atoms. The first kappa shape index (κ1) is 14.0. The van der Waals surface area contributed by atoms with E-state index >= 15 is 0 Å².